The average Bonchev–Trinajstić information content (AvgIpc) is 2.62. The lowest BCUT2D eigenvalue weighted by Crippen LogP contribution is -2.06. The fourth-order valence-corrected chi connectivity index (χ4v) is 1.30. The lowest BCUT2D eigenvalue weighted by Gasteiger charge is -2.05. The Bertz CT molecular complexity index is 475. The third kappa shape index (κ3) is 1.35. The molecule has 1 N–H and O–H groups in total. The van der Waals surface area contributed by atoms with Crippen molar-refractivity contribution in [2.75, 3.05) is 0 Å². The SMILES string of the molecule is CC(C(=O)O)c1ccc2nocc2c1. The van der Waals surface area contributed by atoms with Gasteiger partial charge in [0.15, 0.2) is 0 Å². The van der Waals surface area contributed by atoms with Gasteiger partial charge in [-0.25, -0.2) is 0 Å². The summed E-state index contributed by atoms with van der Waals surface area (Å²) in [6.45, 7) is 1.65. The minimum atomic E-state index is -0.833. The van der Waals surface area contributed by atoms with Crippen molar-refractivity contribution in [1.82, 2.24) is 5.16 Å². The lowest BCUT2D eigenvalue weighted by molar-refractivity contribution is -0.138. The van der Waals surface area contributed by atoms with E-state index in [1.54, 1.807) is 25.1 Å². The molecule has 72 valence electrons. The van der Waals surface area contributed by atoms with Gasteiger partial charge in [0.05, 0.1) is 5.92 Å². The minimum absolute atomic E-state index is 0.505. The van der Waals surface area contributed by atoms with Gasteiger partial charge in [0.2, 0.25) is 0 Å². The molecule has 0 saturated heterocycles. The van der Waals surface area contributed by atoms with E-state index >= 15 is 0 Å². The Balaban J connectivity index is 2.48. The van der Waals surface area contributed by atoms with Crippen LogP contribution in [-0.4, -0.2) is 16.2 Å². The van der Waals surface area contributed by atoms with Crippen molar-refractivity contribution in [3.05, 3.63) is 30.0 Å². The molecule has 0 fully saturated rings. The van der Waals surface area contributed by atoms with Crippen LogP contribution in [0.5, 0.6) is 0 Å². The maximum absolute atomic E-state index is 10.7. The van der Waals surface area contributed by atoms with E-state index in [2.05, 4.69) is 5.16 Å². The molecule has 1 heterocycles. The molecule has 0 spiro atoms. The predicted molar refractivity (Wildman–Crippen MR) is 50.1 cm³/mol. The van der Waals surface area contributed by atoms with Crippen molar-refractivity contribution in [1.29, 1.82) is 0 Å². The van der Waals surface area contributed by atoms with Gasteiger partial charge in [0, 0.05) is 5.39 Å². The van der Waals surface area contributed by atoms with Gasteiger partial charge < -0.3 is 9.63 Å². The second kappa shape index (κ2) is 3.14. The standard InChI is InChI=1S/C10H9NO3/c1-6(10(12)13)7-2-3-9-8(4-7)5-14-11-9/h2-6H,1H3,(H,12,13). The molecule has 0 bridgehead atoms. The summed E-state index contributed by atoms with van der Waals surface area (Å²) in [5.41, 5.74) is 1.50. The zero-order valence-electron chi connectivity index (χ0n) is 7.60. The Morgan fingerprint density at radius 2 is 2.36 bits per heavy atom. The summed E-state index contributed by atoms with van der Waals surface area (Å²) in [5.74, 6) is -1.34. The highest BCUT2D eigenvalue weighted by Crippen LogP contribution is 2.20. The number of aromatic nitrogens is 1. The summed E-state index contributed by atoms with van der Waals surface area (Å²) >= 11 is 0. The fourth-order valence-electron chi connectivity index (χ4n) is 1.30. The molecule has 4 heteroatoms. The van der Waals surface area contributed by atoms with Crippen molar-refractivity contribution in [3.8, 4) is 0 Å². The molecule has 14 heavy (non-hydrogen) atoms. The van der Waals surface area contributed by atoms with Crippen LogP contribution in [0.4, 0.5) is 0 Å². The molecule has 0 saturated carbocycles. The van der Waals surface area contributed by atoms with E-state index in [0.717, 1.165) is 16.5 Å². The van der Waals surface area contributed by atoms with Crippen molar-refractivity contribution in [3.63, 3.8) is 0 Å². The molecule has 2 aromatic rings. The van der Waals surface area contributed by atoms with Crippen LogP contribution < -0.4 is 0 Å². The number of carbonyl (C=O) groups is 1. The van der Waals surface area contributed by atoms with Gasteiger partial charge in [-0.1, -0.05) is 11.2 Å². The van der Waals surface area contributed by atoms with Crippen LogP contribution in [0, 0.1) is 0 Å². The Morgan fingerprint density at radius 3 is 3.07 bits per heavy atom. The van der Waals surface area contributed by atoms with E-state index in [9.17, 15) is 4.79 Å². The lowest BCUT2D eigenvalue weighted by atomic mass is 10.0. The van der Waals surface area contributed by atoms with E-state index in [-0.39, 0.29) is 0 Å². The summed E-state index contributed by atoms with van der Waals surface area (Å²) in [6, 6.07) is 5.29. The predicted octanol–water partition coefficient (Wildman–Crippen LogP) is 2.02. The van der Waals surface area contributed by atoms with E-state index in [0.29, 0.717) is 0 Å². The van der Waals surface area contributed by atoms with Gasteiger partial charge in [-0.3, -0.25) is 4.79 Å². The number of carboxylic acid groups (broad SMARTS) is 1. The van der Waals surface area contributed by atoms with Gasteiger partial charge in [-0.05, 0) is 24.6 Å². The first kappa shape index (κ1) is 8.74. The molecule has 0 radical (unpaired) electrons. The highest BCUT2D eigenvalue weighted by Gasteiger charge is 2.14. The van der Waals surface area contributed by atoms with Gasteiger partial charge in [-0.2, -0.15) is 0 Å². The first-order chi connectivity index (χ1) is 6.68. The van der Waals surface area contributed by atoms with Crippen LogP contribution in [0.25, 0.3) is 10.9 Å². The zero-order valence-corrected chi connectivity index (χ0v) is 7.60. The molecule has 1 atom stereocenters. The van der Waals surface area contributed by atoms with Crippen molar-refractivity contribution >= 4 is 16.9 Å². The van der Waals surface area contributed by atoms with Gasteiger partial charge >= 0.3 is 5.97 Å². The molecular formula is C10H9NO3. The highest BCUT2D eigenvalue weighted by atomic mass is 16.5. The molecule has 0 aliphatic heterocycles. The summed E-state index contributed by atoms with van der Waals surface area (Å²) in [4.78, 5) is 10.7. The van der Waals surface area contributed by atoms with Crippen LogP contribution in [0.2, 0.25) is 0 Å². The summed E-state index contributed by atoms with van der Waals surface area (Å²) in [6.07, 6.45) is 1.51. The maximum Gasteiger partial charge on any atom is 0.310 e. The summed E-state index contributed by atoms with van der Waals surface area (Å²) in [7, 11) is 0. The number of carboxylic acids is 1. The second-order valence-electron chi connectivity index (χ2n) is 3.19. The number of rotatable bonds is 2. The van der Waals surface area contributed by atoms with Crippen molar-refractivity contribution in [2.45, 2.75) is 12.8 Å². The largest absolute Gasteiger partial charge is 0.481 e. The molecule has 0 aliphatic carbocycles. The van der Waals surface area contributed by atoms with Gasteiger partial charge in [0.1, 0.15) is 11.8 Å². The number of aliphatic carboxylic acids is 1. The molecule has 2 rings (SSSR count). The monoisotopic (exact) mass is 191 g/mol. The molecule has 0 amide bonds. The first-order valence-corrected chi connectivity index (χ1v) is 4.25. The van der Waals surface area contributed by atoms with Gasteiger partial charge in [0.25, 0.3) is 0 Å². The van der Waals surface area contributed by atoms with Crippen LogP contribution in [-0.2, 0) is 4.79 Å². The van der Waals surface area contributed by atoms with Crippen LogP contribution in [0.1, 0.15) is 18.4 Å². The Morgan fingerprint density at radius 1 is 1.57 bits per heavy atom. The zero-order chi connectivity index (χ0) is 10.1. The fraction of sp³-hybridized carbons (Fsp3) is 0.200. The number of hydrogen-bond acceptors (Lipinski definition) is 3. The highest BCUT2D eigenvalue weighted by molar-refractivity contribution is 5.81. The third-order valence-electron chi connectivity index (χ3n) is 2.25. The molecule has 4 nitrogen and oxygen atoms in total. The Labute approximate surface area is 80.1 Å². The van der Waals surface area contributed by atoms with Crippen LogP contribution >= 0.6 is 0 Å². The number of hydrogen-bond donors (Lipinski definition) is 1. The molecular weight excluding hydrogens is 182 g/mol. The maximum atomic E-state index is 10.7. The first-order valence-electron chi connectivity index (χ1n) is 4.25. The van der Waals surface area contributed by atoms with Crippen molar-refractivity contribution < 1.29 is 14.4 Å². The topological polar surface area (TPSA) is 63.3 Å². The third-order valence-corrected chi connectivity index (χ3v) is 2.25. The smallest absolute Gasteiger partial charge is 0.310 e. The van der Waals surface area contributed by atoms with Crippen LogP contribution in [0.15, 0.2) is 29.0 Å². The molecule has 1 aromatic heterocycles. The summed E-state index contributed by atoms with van der Waals surface area (Å²) in [5, 5.41) is 13.4. The normalized spacial score (nSPS) is 12.9. The van der Waals surface area contributed by atoms with Crippen molar-refractivity contribution in [2.24, 2.45) is 0 Å². The quantitative estimate of drug-likeness (QED) is 0.788. The number of nitrogens with zero attached hydrogens (tertiary/aromatic N) is 1. The van der Waals surface area contributed by atoms with E-state index in [1.807, 2.05) is 0 Å². The average molecular weight is 191 g/mol. The Hall–Kier alpha value is -1.84. The second-order valence-corrected chi connectivity index (χ2v) is 3.19. The van der Waals surface area contributed by atoms with E-state index < -0.39 is 11.9 Å². The Kier molecular flexibility index (Phi) is 1.96. The molecule has 0 aliphatic rings. The van der Waals surface area contributed by atoms with E-state index in [4.69, 9.17) is 9.63 Å². The minimum Gasteiger partial charge on any atom is -0.481 e. The molecule has 1 unspecified atom stereocenters. The van der Waals surface area contributed by atoms with E-state index in [1.165, 1.54) is 6.26 Å². The summed E-state index contributed by atoms with van der Waals surface area (Å²) < 4.78 is 4.76. The van der Waals surface area contributed by atoms with Gasteiger partial charge in [-0.15, -0.1) is 0 Å². The number of benzene rings is 1. The molecule has 1 aromatic carbocycles. The number of fused-ring (bicyclic) bond motifs is 1. The van der Waals surface area contributed by atoms with Crippen LogP contribution in [0.3, 0.4) is 0 Å².